The van der Waals surface area contributed by atoms with E-state index in [2.05, 4.69) is 20.4 Å². The highest BCUT2D eigenvalue weighted by atomic mass is 127. The zero-order chi connectivity index (χ0) is 22.4. The second-order valence-corrected chi connectivity index (χ2v) is 7.65. The van der Waals surface area contributed by atoms with Crippen LogP contribution < -0.4 is 21.1 Å². The van der Waals surface area contributed by atoms with Gasteiger partial charge in [-0.25, -0.2) is 4.99 Å². The zero-order valence-electron chi connectivity index (χ0n) is 17.4. The molecule has 0 aliphatic carbocycles. The van der Waals surface area contributed by atoms with E-state index in [1.54, 1.807) is 18.2 Å². The maximum Gasteiger partial charge on any atom is 0.573 e. The number of alkyl halides is 3. The first kappa shape index (κ1) is 26.5. The van der Waals surface area contributed by atoms with Crippen LogP contribution in [0.15, 0.2) is 53.5 Å². The maximum atomic E-state index is 12.3. The van der Waals surface area contributed by atoms with Gasteiger partial charge in [0.1, 0.15) is 5.75 Å². The van der Waals surface area contributed by atoms with E-state index in [9.17, 15) is 18.0 Å². The van der Waals surface area contributed by atoms with Gasteiger partial charge >= 0.3 is 6.36 Å². The van der Waals surface area contributed by atoms with Crippen molar-refractivity contribution in [2.75, 3.05) is 0 Å². The molecular formula is C21H26F3IN4O2. The predicted molar refractivity (Wildman–Crippen MR) is 124 cm³/mol. The molecule has 0 atom stereocenters. The molecule has 0 unspecified atom stereocenters. The minimum atomic E-state index is -4.72. The highest BCUT2D eigenvalue weighted by Gasteiger charge is 2.30. The molecule has 0 bridgehead atoms. The summed E-state index contributed by atoms with van der Waals surface area (Å²) in [5.41, 5.74) is 7.57. The number of nitrogens with one attached hydrogen (secondary N) is 2. The molecule has 170 valence electrons. The van der Waals surface area contributed by atoms with Crippen molar-refractivity contribution in [3.63, 3.8) is 0 Å². The first-order valence-corrected chi connectivity index (χ1v) is 9.21. The van der Waals surface area contributed by atoms with Crippen LogP contribution in [-0.4, -0.2) is 23.8 Å². The maximum absolute atomic E-state index is 12.3. The van der Waals surface area contributed by atoms with Crippen molar-refractivity contribution in [3.05, 3.63) is 65.2 Å². The molecule has 2 aromatic rings. The molecule has 0 spiro atoms. The number of nitrogens with two attached hydrogens (primary N) is 1. The van der Waals surface area contributed by atoms with E-state index in [1.165, 1.54) is 24.3 Å². The highest BCUT2D eigenvalue weighted by molar-refractivity contribution is 14.0. The Balaban J connectivity index is 0.00000480. The summed E-state index contributed by atoms with van der Waals surface area (Å²) in [6.07, 6.45) is -4.72. The number of amides is 1. The molecule has 2 aromatic carbocycles. The summed E-state index contributed by atoms with van der Waals surface area (Å²) in [7, 11) is 0. The molecule has 0 aliphatic heterocycles. The van der Waals surface area contributed by atoms with E-state index in [-0.39, 0.29) is 60.2 Å². The molecule has 6 nitrogen and oxygen atoms in total. The molecule has 0 saturated heterocycles. The van der Waals surface area contributed by atoms with Crippen LogP contribution in [0.2, 0.25) is 0 Å². The summed E-state index contributed by atoms with van der Waals surface area (Å²) in [4.78, 5) is 16.5. The number of ether oxygens (including phenoxy) is 1. The van der Waals surface area contributed by atoms with Gasteiger partial charge in [0.15, 0.2) is 5.96 Å². The lowest BCUT2D eigenvalue weighted by molar-refractivity contribution is -0.274. The number of benzene rings is 2. The summed E-state index contributed by atoms with van der Waals surface area (Å²) in [5.74, 6) is -0.282. The minimum absolute atomic E-state index is 0. The number of nitrogens with zero attached hydrogens (tertiary/aromatic N) is 1. The van der Waals surface area contributed by atoms with E-state index < -0.39 is 6.36 Å². The van der Waals surface area contributed by atoms with Crippen molar-refractivity contribution in [2.24, 2.45) is 10.7 Å². The van der Waals surface area contributed by atoms with Crippen LogP contribution >= 0.6 is 24.0 Å². The largest absolute Gasteiger partial charge is 0.573 e. The Hall–Kier alpha value is -2.50. The fourth-order valence-corrected chi connectivity index (χ4v) is 2.46. The van der Waals surface area contributed by atoms with Crippen LogP contribution in [0.5, 0.6) is 5.75 Å². The van der Waals surface area contributed by atoms with Gasteiger partial charge in [-0.15, -0.1) is 37.1 Å². The van der Waals surface area contributed by atoms with Crippen LogP contribution in [-0.2, 0) is 13.1 Å². The molecule has 10 heteroatoms. The van der Waals surface area contributed by atoms with Crippen molar-refractivity contribution in [3.8, 4) is 5.75 Å². The third-order valence-corrected chi connectivity index (χ3v) is 3.74. The van der Waals surface area contributed by atoms with Crippen molar-refractivity contribution in [2.45, 2.75) is 45.8 Å². The second-order valence-electron chi connectivity index (χ2n) is 7.65. The Bertz CT molecular complexity index is 895. The third-order valence-electron chi connectivity index (χ3n) is 3.74. The Kier molecular flexibility index (Phi) is 9.60. The monoisotopic (exact) mass is 550 g/mol. The lowest BCUT2D eigenvalue weighted by atomic mass is 10.1. The Morgan fingerprint density at radius 2 is 1.71 bits per heavy atom. The second kappa shape index (κ2) is 11.2. The molecule has 0 heterocycles. The van der Waals surface area contributed by atoms with Gasteiger partial charge in [0, 0.05) is 17.6 Å². The Morgan fingerprint density at radius 1 is 1.06 bits per heavy atom. The topological polar surface area (TPSA) is 88.7 Å². The number of rotatable bonds is 6. The summed E-state index contributed by atoms with van der Waals surface area (Å²) in [5, 5.41) is 5.79. The molecule has 31 heavy (non-hydrogen) atoms. The zero-order valence-corrected chi connectivity index (χ0v) is 19.7. The van der Waals surface area contributed by atoms with E-state index in [0.29, 0.717) is 11.1 Å². The van der Waals surface area contributed by atoms with E-state index >= 15 is 0 Å². The van der Waals surface area contributed by atoms with Crippen LogP contribution in [0.25, 0.3) is 0 Å². The summed E-state index contributed by atoms with van der Waals surface area (Å²) < 4.78 is 40.3. The first-order chi connectivity index (χ1) is 13.9. The minimum Gasteiger partial charge on any atom is -0.406 e. The lowest BCUT2D eigenvalue weighted by Gasteiger charge is -2.20. The van der Waals surface area contributed by atoms with Crippen molar-refractivity contribution in [1.82, 2.24) is 10.6 Å². The van der Waals surface area contributed by atoms with Crippen LogP contribution in [0, 0.1) is 0 Å². The summed E-state index contributed by atoms with van der Waals surface area (Å²) >= 11 is 0. The van der Waals surface area contributed by atoms with Gasteiger partial charge in [-0.2, -0.15) is 0 Å². The quantitative estimate of drug-likeness (QED) is 0.284. The highest BCUT2D eigenvalue weighted by Crippen LogP contribution is 2.22. The molecule has 0 radical (unpaired) electrons. The van der Waals surface area contributed by atoms with Gasteiger partial charge < -0.3 is 21.1 Å². The number of halogens is 4. The number of carbonyl (C=O) groups is 1. The van der Waals surface area contributed by atoms with Crippen molar-refractivity contribution >= 4 is 35.8 Å². The van der Waals surface area contributed by atoms with Crippen molar-refractivity contribution in [1.29, 1.82) is 0 Å². The average Bonchev–Trinajstić information content (AvgIpc) is 2.63. The van der Waals surface area contributed by atoms with Gasteiger partial charge in [0.25, 0.3) is 5.91 Å². The fraction of sp³-hybridized carbons (Fsp3) is 0.333. The smallest absolute Gasteiger partial charge is 0.406 e. The predicted octanol–water partition coefficient (Wildman–Crippen LogP) is 4.34. The lowest BCUT2D eigenvalue weighted by Crippen LogP contribution is -2.40. The molecule has 0 saturated carbocycles. The summed E-state index contributed by atoms with van der Waals surface area (Å²) in [6, 6.07) is 12.5. The molecular weight excluding hydrogens is 524 g/mol. The molecule has 4 N–H and O–H groups in total. The van der Waals surface area contributed by atoms with Gasteiger partial charge in [0.2, 0.25) is 0 Å². The molecule has 2 rings (SSSR count). The van der Waals surface area contributed by atoms with Gasteiger partial charge in [-0.05, 0) is 56.2 Å². The normalized spacial score (nSPS) is 12.0. The standard InChI is InChI=1S/C21H25F3N4O2.HI/c1-20(2,3)28-18(29)16-6-4-5-15(11-16)13-27-19(25)26-12-14-7-9-17(10-8-14)30-21(22,23)24;/h4-11H,12-13H2,1-3H3,(H,28,29)(H3,25,26,27);1H. The third kappa shape index (κ3) is 10.4. The van der Waals surface area contributed by atoms with E-state index in [0.717, 1.165) is 5.56 Å². The summed E-state index contributed by atoms with van der Waals surface area (Å²) in [6.45, 7) is 6.27. The number of guanidine groups is 1. The SMILES string of the molecule is CC(C)(C)NC(=O)c1cccc(CN=C(N)NCc2ccc(OC(F)(F)F)cc2)c1.I. The van der Waals surface area contributed by atoms with E-state index in [4.69, 9.17) is 5.73 Å². The van der Waals surface area contributed by atoms with Crippen LogP contribution in [0.1, 0.15) is 42.3 Å². The number of aliphatic imine (C=N–C) groups is 1. The van der Waals surface area contributed by atoms with Gasteiger partial charge in [0.05, 0.1) is 6.54 Å². The van der Waals surface area contributed by atoms with Gasteiger partial charge in [-0.3, -0.25) is 4.79 Å². The first-order valence-electron chi connectivity index (χ1n) is 9.21. The van der Waals surface area contributed by atoms with Crippen molar-refractivity contribution < 1.29 is 22.7 Å². The Morgan fingerprint density at radius 3 is 2.29 bits per heavy atom. The molecule has 0 aliphatic rings. The fourth-order valence-electron chi connectivity index (χ4n) is 2.46. The number of hydrogen-bond donors (Lipinski definition) is 3. The molecule has 0 aromatic heterocycles. The van der Waals surface area contributed by atoms with Crippen LogP contribution in [0.4, 0.5) is 13.2 Å². The average molecular weight is 550 g/mol. The number of hydrogen-bond acceptors (Lipinski definition) is 3. The van der Waals surface area contributed by atoms with E-state index in [1.807, 2.05) is 26.8 Å². The van der Waals surface area contributed by atoms with Gasteiger partial charge in [-0.1, -0.05) is 24.3 Å². The molecule has 0 fully saturated rings. The Labute approximate surface area is 196 Å². The number of carbonyl (C=O) groups excluding carboxylic acids is 1. The molecule has 1 amide bonds. The van der Waals surface area contributed by atoms with Crippen LogP contribution in [0.3, 0.4) is 0 Å².